The van der Waals surface area contributed by atoms with Gasteiger partial charge in [0.1, 0.15) is 6.54 Å². The van der Waals surface area contributed by atoms with E-state index in [-0.39, 0.29) is 18.0 Å². The van der Waals surface area contributed by atoms with Gasteiger partial charge in [0.2, 0.25) is 5.91 Å². The number of benzene rings is 1. The van der Waals surface area contributed by atoms with Crippen molar-refractivity contribution < 1.29 is 18.0 Å². The summed E-state index contributed by atoms with van der Waals surface area (Å²) in [5.41, 5.74) is 0.0423. The lowest BCUT2D eigenvalue weighted by molar-refractivity contribution is -0.137. The number of rotatable bonds is 4. The minimum absolute atomic E-state index is 0.125. The Morgan fingerprint density at radius 2 is 1.84 bits per heavy atom. The van der Waals surface area contributed by atoms with Crippen molar-refractivity contribution in [1.82, 2.24) is 14.5 Å². The van der Waals surface area contributed by atoms with Crippen molar-refractivity contribution >= 4 is 22.9 Å². The van der Waals surface area contributed by atoms with Gasteiger partial charge in [-0.25, -0.2) is 4.98 Å². The lowest BCUT2D eigenvalue weighted by Gasteiger charge is -2.36. The Morgan fingerprint density at radius 1 is 1.06 bits per heavy atom. The number of carbonyl (C=O) groups excluding carboxylic acids is 1. The Hall–Kier alpha value is -3.14. The van der Waals surface area contributed by atoms with Gasteiger partial charge in [-0.1, -0.05) is 12.1 Å². The zero-order valence-corrected chi connectivity index (χ0v) is 17.2. The summed E-state index contributed by atoms with van der Waals surface area (Å²) in [5, 5.41) is 1.89. The fraction of sp³-hybridized carbons (Fsp3) is 0.286. The van der Waals surface area contributed by atoms with Gasteiger partial charge in [-0.3, -0.25) is 14.2 Å². The Morgan fingerprint density at radius 3 is 2.48 bits per heavy atom. The number of carbonyl (C=O) groups is 1. The van der Waals surface area contributed by atoms with Crippen LogP contribution in [0.3, 0.4) is 0 Å². The van der Waals surface area contributed by atoms with Crippen LogP contribution in [0.1, 0.15) is 5.56 Å². The molecule has 1 aliphatic rings. The fourth-order valence-corrected chi connectivity index (χ4v) is 4.14. The van der Waals surface area contributed by atoms with E-state index in [2.05, 4.69) is 4.98 Å². The smallest absolute Gasteiger partial charge is 0.368 e. The normalized spacial score (nSPS) is 14.7. The molecule has 4 rings (SSSR count). The van der Waals surface area contributed by atoms with Crippen LogP contribution in [0, 0.1) is 0 Å². The molecule has 0 aliphatic carbocycles. The van der Waals surface area contributed by atoms with E-state index in [1.165, 1.54) is 34.4 Å². The van der Waals surface area contributed by atoms with E-state index in [1.54, 1.807) is 11.0 Å². The maximum absolute atomic E-state index is 12.9. The molecule has 162 valence electrons. The molecule has 1 amide bonds. The van der Waals surface area contributed by atoms with Crippen LogP contribution in [-0.2, 0) is 17.5 Å². The molecular formula is C21H19F3N4O2S. The molecule has 0 radical (unpaired) electrons. The first-order chi connectivity index (χ1) is 14.8. The number of piperazine rings is 1. The molecule has 0 N–H and O–H groups in total. The summed E-state index contributed by atoms with van der Waals surface area (Å²) in [6.07, 6.45) is -3.03. The Balaban J connectivity index is 1.37. The molecule has 3 aromatic rings. The maximum atomic E-state index is 12.9. The highest BCUT2D eigenvalue weighted by Crippen LogP contribution is 2.31. The third-order valence-electron chi connectivity index (χ3n) is 5.13. The van der Waals surface area contributed by atoms with Gasteiger partial charge < -0.3 is 9.80 Å². The molecule has 1 fully saturated rings. The highest BCUT2D eigenvalue weighted by Gasteiger charge is 2.31. The third kappa shape index (κ3) is 4.79. The van der Waals surface area contributed by atoms with Crippen molar-refractivity contribution in [2.45, 2.75) is 12.7 Å². The van der Waals surface area contributed by atoms with Crippen LogP contribution in [0.15, 0.2) is 59.0 Å². The average molecular weight is 448 g/mol. The summed E-state index contributed by atoms with van der Waals surface area (Å²) in [6.45, 7) is 1.43. The third-order valence-corrected chi connectivity index (χ3v) is 6.02. The van der Waals surface area contributed by atoms with E-state index in [4.69, 9.17) is 0 Å². The molecule has 2 aromatic heterocycles. The van der Waals surface area contributed by atoms with Crippen LogP contribution in [0.5, 0.6) is 0 Å². The second-order valence-corrected chi connectivity index (χ2v) is 8.08. The molecule has 0 bridgehead atoms. The van der Waals surface area contributed by atoms with Crippen molar-refractivity contribution in [3.63, 3.8) is 0 Å². The molecule has 6 nitrogen and oxygen atoms in total. The molecule has 0 unspecified atom stereocenters. The van der Waals surface area contributed by atoms with Gasteiger partial charge in [-0.2, -0.15) is 13.2 Å². The predicted molar refractivity (Wildman–Crippen MR) is 112 cm³/mol. The van der Waals surface area contributed by atoms with Gasteiger partial charge in [-0.05, 0) is 29.6 Å². The van der Waals surface area contributed by atoms with Gasteiger partial charge >= 0.3 is 6.18 Å². The maximum Gasteiger partial charge on any atom is 0.416 e. The van der Waals surface area contributed by atoms with Crippen molar-refractivity contribution in [2.75, 3.05) is 31.1 Å². The molecule has 1 saturated heterocycles. The van der Waals surface area contributed by atoms with Gasteiger partial charge in [-0.15, -0.1) is 11.3 Å². The first-order valence-electron chi connectivity index (χ1n) is 9.61. The molecule has 1 aliphatic heterocycles. The molecule has 10 heteroatoms. The molecule has 1 aromatic carbocycles. The Bertz CT molecular complexity index is 1120. The SMILES string of the molecule is O=C(Cn1cnc(-c2cccs2)cc1=O)N1CCN(c2cccc(C(F)(F)F)c2)CC1. The van der Waals surface area contributed by atoms with Crippen molar-refractivity contribution in [2.24, 2.45) is 0 Å². The van der Waals surface area contributed by atoms with Crippen LogP contribution < -0.4 is 10.5 Å². The number of alkyl halides is 3. The number of halogens is 3. The fourth-order valence-electron chi connectivity index (χ4n) is 3.44. The van der Waals surface area contributed by atoms with Crippen molar-refractivity contribution in [3.05, 3.63) is 70.1 Å². The van der Waals surface area contributed by atoms with E-state index in [9.17, 15) is 22.8 Å². The van der Waals surface area contributed by atoms with Gasteiger partial charge in [0.15, 0.2) is 0 Å². The summed E-state index contributed by atoms with van der Waals surface area (Å²) >= 11 is 1.47. The summed E-state index contributed by atoms with van der Waals surface area (Å²) in [4.78, 5) is 33.6. The van der Waals surface area contributed by atoms with E-state index >= 15 is 0 Å². The number of amides is 1. The van der Waals surface area contributed by atoms with Gasteiger partial charge in [0.05, 0.1) is 22.5 Å². The van der Waals surface area contributed by atoms with Gasteiger partial charge in [0, 0.05) is 37.9 Å². The highest BCUT2D eigenvalue weighted by molar-refractivity contribution is 7.13. The quantitative estimate of drug-likeness (QED) is 0.615. The number of anilines is 1. The summed E-state index contributed by atoms with van der Waals surface area (Å²) in [7, 11) is 0. The van der Waals surface area contributed by atoms with E-state index in [1.807, 2.05) is 22.4 Å². The van der Waals surface area contributed by atoms with Crippen LogP contribution >= 0.6 is 11.3 Å². The lowest BCUT2D eigenvalue weighted by atomic mass is 10.1. The second-order valence-electron chi connectivity index (χ2n) is 7.13. The number of aromatic nitrogens is 2. The number of thiophene rings is 1. The second kappa shape index (κ2) is 8.54. The van der Waals surface area contributed by atoms with Crippen molar-refractivity contribution in [3.8, 4) is 10.6 Å². The van der Waals surface area contributed by atoms with Crippen molar-refractivity contribution in [1.29, 1.82) is 0 Å². The predicted octanol–water partition coefficient (Wildman–Crippen LogP) is 3.34. The number of hydrogen-bond donors (Lipinski definition) is 0. The number of nitrogens with zero attached hydrogens (tertiary/aromatic N) is 4. The summed E-state index contributed by atoms with van der Waals surface area (Å²) in [5.74, 6) is -0.225. The highest BCUT2D eigenvalue weighted by atomic mass is 32.1. The lowest BCUT2D eigenvalue weighted by Crippen LogP contribution is -2.50. The average Bonchev–Trinajstić information content (AvgIpc) is 3.30. The number of hydrogen-bond acceptors (Lipinski definition) is 5. The van der Waals surface area contributed by atoms with Crippen LogP contribution in [0.25, 0.3) is 10.6 Å². The van der Waals surface area contributed by atoms with Crippen LogP contribution in [0.4, 0.5) is 18.9 Å². The van der Waals surface area contributed by atoms with Gasteiger partial charge in [0.25, 0.3) is 5.56 Å². The largest absolute Gasteiger partial charge is 0.416 e. The Kier molecular flexibility index (Phi) is 5.81. The molecule has 31 heavy (non-hydrogen) atoms. The Labute approximate surface area is 180 Å². The summed E-state index contributed by atoms with van der Waals surface area (Å²) in [6, 6.07) is 10.3. The zero-order chi connectivity index (χ0) is 22.0. The zero-order valence-electron chi connectivity index (χ0n) is 16.4. The molecule has 3 heterocycles. The van der Waals surface area contributed by atoms with E-state index in [0.717, 1.165) is 17.0 Å². The topological polar surface area (TPSA) is 58.4 Å². The summed E-state index contributed by atoms with van der Waals surface area (Å²) < 4.78 is 40.1. The molecule has 0 atom stereocenters. The molecule has 0 saturated carbocycles. The minimum atomic E-state index is -4.39. The first-order valence-corrected chi connectivity index (χ1v) is 10.5. The van der Waals surface area contributed by atoms with E-state index < -0.39 is 11.7 Å². The standard InChI is InChI=1S/C21H19F3N4O2S/c22-21(23,24)15-3-1-4-16(11-15)26-6-8-27(9-7-26)20(30)13-28-14-25-17(12-19(28)29)18-5-2-10-31-18/h1-5,10-12,14H,6-9,13H2. The van der Waals surface area contributed by atoms with E-state index in [0.29, 0.717) is 37.6 Å². The monoisotopic (exact) mass is 448 g/mol. The minimum Gasteiger partial charge on any atom is -0.368 e. The molecule has 0 spiro atoms. The first kappa shape index (κ1) is 21.1. The van der Waals surface area contributed by atoms with Crippen LogP contribution in [0.2, 0.25) is 0 Å². The molecular weight excluding hydrogens is 429 g/mol. The van der Waals surface area contributed by atoms with Crippen LogP contribution in [-0.4, -0.2) is 46.5 Å².